The van der Waals surface area contributed by atoms with E-state index < -0.39 is 0 Å². The molecule has 1 atom stereocenters. The Labute approximate surface area is 114 Å². The first-order valence-corrected chi connectivity index (χ1v) is 6.68. The van der Waals surface area contributed by atoms with E-state index in [1.807, 2.05) is 45.0 Å². The van der Waals surface area contributed by atoms with Crippen LogP contribution < -0.4 is 10.5 Å². The standard InChI is InChI=1S/C15H23NO3/c1-4-13(16)9-12-7-5-6-8-14(12)18-10-15(17)19-11(2)3/h5-8,11,13H,4,9-10,16H2,1-3H3. The molecule has 4 heteroatoms. The number of carbonyl (C=O) groups is 1. The van der Waals surface area contributed by atoms with Crippen molar-refractivity contribution in [3.63, 3.8) is 0 Å². The Kier molecular flexibility index (Phi) is 6.36. The molecule has 0 aliphatic rings. The molecule has 1 aromatic rings. The molecule has 0 aromatic heterocycles. The van der Waals surface area contributed by atoms with Crippen LogP contribution in [0, 0.1) is 0 Å². The van der Waals surface area contributed by atoms with Gasteiger partial charge in [-0.15, -0.1) is 0 Å². The highest BCUT2D eigenvalue weighted by molar-refractivity contribution is 5.71. The van der Waals surface area contributed by atoms with Gasteiger partial charge in [-0.2, -0.15) is 0 Å². The maximum atomic E-state index is 11.4. The molecule has 0 fully saturated rings. The van der Waals surface area contributed by atoms with Crippen LogP contribution in [-0.4, -0.2) is 24.7 Å². The SMILES string of the molecule is CCC(N)Cc1ccccc1OCC(=O)OC(C)C. The molecule has 2 N–H and O–H groups in total. The highest BCUT2D eigenvalue weighted by Crippen LogP contribution is 2.19. The highest BCUT2D eigenvalue weighted by Gasteiger charge is 2.10. The number of benzene rings is 1. The maximum absolute atomic E-state index is 11.4. The average Bonchev–Trinajstić information content (AvgIpc) is 2.36. The van der Waals surface area contributed by atoms with Gasteiger partial charge in [0, 0.05) is 6.04 Å². The van der Waals surface area contributed by atoms with Crippen LogP contribution in [0.25, 0.3) is 0 Å². The molecule has 1 rings (SSSR count). The first-order chi connectivity index (χ1) is 9.02. The second kappa shape index (κ2) is 7.79. The Morgan fingerprint density at radius 2 is 2.00 bits per heavy atom. The summed E-state index contributed by atoms with van der Waals surface area (Å²) in [6.07, 6.45) is 1.52. The fraction of sp³-hybridized carbons (Fsp3) is 0.533. The maximum Gasteiger partial charge on any atom is 0.344 e. The molecule has 1 aromatic carbocycles. The number of nitrogens with two attached hydrogens (primary N) is 1. The van der Waals surface area contributed by atoms with Crippen LogP contribution in [0.15, 0.2) is 24.3 Å². The first kappa shape index (κ1) is 15.5. The van der Waals surface area contributed by atoms with Gasteiger partial charge in [-0.3, -0.25) is 0 Å². The van der Waals surface area contributed by atoms with Gasteiger partial charge in [-0.25, -0.2) is 4.79 Å². The minimum absolute atomic E-state index is 0.0729. The average molecular weight is 265 g/mol. The zero-order chi connectivity index (χ0) is 14.3. The number of rotatable bonds is 7. The number of para-hydroxylation sites is 1. The molecule has 0 saturated heterocycles. The largest absolute Gasteiger partial charge is 0.482 e. The van der Waals surface area contributed by atoms with E-state index >= 15 is 0 Å². The fourth-order valence-corrected chi connectivity index (χ4v) is 1.67. The molecule has 0 aliphatic carbocycles. The molecule has 0 spiro atoms. The zero-order valence-electron chi connectivity index (χ0n) is 11.9. The summed E-state index contributed by atoms with van der Waals surface area (Å²) in [5.41, 5.74) is 6.97. The van der Waals surface area contributed by atoms with Gasteiger partial charge in [0.1, 0.15) is 5.75 Å². The summed E-state index contributed by atoms with van der Waals surface area (Å²) in [7, 11) is 0. The summed E-state index contributed by atoms with van der Waals surface area (Å²) in [5.74, 6) is 0.344. The van der Waals surface area contributed by atoms with Crippen molar-refractivity contribution >= 4 is 5.97 Å². The number of hydrogen-bond donors (Lipinski definition) is 1. The number of carbonyl (C=O) groups excluding carboxylic acids is 1. The van der Waals surface area contributed by atoms with Crippen molar-refractivity contribution in [3.05, 3.63) is 29.8 Å². The Hall–Kier alpha value is -1.55. The first-order valence-electron chi connectivity index (χ1n) is 6.68. The molecule has 4 nitrogen and oxygen atoms in total. The van der Waals surface area contributed by atoms with Crippen molar-refractivity contribution < 1.29 is 14.3 Å². The molecule has 1 unspecified atom stereocenters. The van der Waals surface area contributed by atoms with Gasteiger partial charge in [0.25, 0.3) is 0 Å². The third kappa shape index (κ3) is 5.75. The molecule has 0 aliphatic heterocycles. The quantitative estimate of drug-likeness (QED) is 0.768. The summed E-state index contributed by atoms with van der Waals surface area (Å²) < 4.78 is 10.5. The van der Waals surface area contributed by atoms with Gasteiger partial charge in [0.05, 0.1) is 6.10 Å². The molecule has 0 heterocycles. The Balaban J connectivity index is 2.60. The van der Waals surface area contributed by atoms with E-state index in [9.17, 15) is 4.79 Å². The summed E-state index contributed by atoms with van der Waals surface area (Å²) in [5, 5.41) is 0. The van der Waals surface area contributed by atoms with Crippen molar-refractivity contribution in [1.29, 1.82) is 0 Å². The number of hydrogen-bond acceptors (Lipinski definition) is 4. The Morgan fingerprint density at radius 3 is 2.63 bits per heavy atom. The predicted molar refractivity (Wildman–Crippen MR) is 75.1 cm³/mol. The predicted octanol–water partition coefficient (Wildman–Crippen LogP) is 2.30. The second-order valence-corrected chi connectivity index (χ2v) is 4.81. The van der Waals surface area contributed by atoms with Gasteiger partial charge in [0.2, 0.25) is 0 Å². The van der Waals surface area contributed by atoms with Gasteiger partial charge < -0.3 is 15.2 Å². The molecular weight excluding hydrogens is 242 g/mol. The lowest BCUT2D eigenvalue weighted by Gasteiger charge is -2.14. The Bertz CT molecular complexity index is 404. The lowest BCUT2D eigenvalue weighted by Crippen LogP contribution is -2.22. The van der Waals surface area contributed by atoms with Gasteiger partial charge >= 0.3 is 5.97 Å². The lowest BCUT2D eigenvalue weighted by atomic mass is 10.0. The van der Waals surface area contributed by atoms with Crippen molar-refractivity contribution in [2.75, 3.05) is 6.61 Å². The third-order valence-electron chi connectivity index (χ3n) is 2.69. The van der Waals surface area contributed by atoms with Crippen molar-refractivity contribution in [3.8, 4) is 5.75 Å². The highest BCUT2D eigenvalue weighted by atomic mass is 16.6. The van der Waals surface area contributed by atoms with Gasteiger partial charge in [-0.05, 0) is 38.3 Å². The lowest BCUT2D eigenvalue weighted by molar-refractivity contribution is -0.149. The summed E-state index contributed by atoms with van der Waals surface area (Å²) in [4.78, 5) is 11.4. The summed E-state index contributed by atoms with van der Waals surface area (Å²) in [6, 6.07) is 7.74. The molecular formula is C15H23NO3. The molecule has 0 amide bonds. The fourth-order valence-electron chi connectivity index (χ4n) is 1.67. The summed E-state index contributed by atoms with van der Waals surface area (Å²) in [6.45, 7) is 5.60. The van der Waals surface area contributed by atoms with E-state index in [-0.39, 0.29) is 24.7 Å². The van der Waals surface area contributed by atoms with Crippen LogP contribution in [-0.2, 0) is 16.0 Å². The van der Waals surface area contributed by atoms with Crippen LogP contribution in [0.4, 0.5) is 0 Å². The van der Waals surface area contributed by atoms with Crippen LogP contribution in [0.2, 0.25) is 0 Å². The molecule has 0 bridgehead atoms. The molecule has 0 saturated carbocycles. The van der Waals surface area contributed by atoms with E-state index in [0.717, 1.165) is 18.4 Å². The number of ether oxygens (including phenoxy) is 2. The van der Waals surface area contributed by atoms with Crippen molar-refractivity contribution in [1.82, 2.24) is 0 Å². The smallest absolute Gasteiger partial charge is 0.344 e. The van der Waals surface area contributed by atoms with E-state index in [1.54, 1.807) is 0 Å². The number of esters is 1. The normalized spacial score (nSPS) is 12.3. The minimum atomic E-state index is -0.357. The molecule has 0 radical (unpaired) electrons. The van der Waals surface area contributed by atoms with Crippen LogP contribution in [0.3, 0.4) is 0 Å². The van der Waals surface area contributed by atoms with Gasteiger partial charge in [-0.1, -0.05) is 25.1 Å². The van der Waals surface area contributed by atoms with Crippen LogP contribution >= 0.6 is 0 Å². The molecule has 19 heavy (non-hydrogen) atoms. The zero-order valence-corrected chi connectivity index (χ0v) is 11.9. The van der Waals surface area contributed by atoms with E-state index in [1.165, 1.54) is 0 Å². The Morgan fingerprint density at radius 1 is 1.32 bits per heavy atom. The van der Waals surface area contributed by atoms with Crippen molar-refractivity contribution in [2.24, 2.45) is 5.73 Å². The minimum Gasteiger partial charge on any atom is -0.482 e. The van der Waals surface area contributed by atoms with Gasteiger partial charge in [0.15, 0.2) is 6.61 Å². The topological polar surface area (TPSA) is 61.5 Å². The van der Waals surface area contributed by atoms with E-state index in [0.29, 0.717) is 5.75 Å². The molecule has 106 valence electrons. The third-order valence-corrected chi connectivity index (χ3v) is 2.69. The van der Waals surface area contributed by atoms with E-state index in [4.69, 9.17) is 15.2 Å². The van der Waals surface area contributed by atoms with Crippen molar-refractivity contribution in [2.45, 2.75) is 45.8 Å². The second-order valence-electron chi connectivity index (χ2n) is 4.81. The van der Waals surface area contributed by atoms with Crippen LogP contribution in [0.5, 0.6) is 5.75 Å². The van der Waals surface area contributed by atoms with E-state index in [2.05, 4.69) is 0 Å². The monoisotopic (exact) mass is 265 g/mol. The summed E-state index contributed by atoms with van der Waals surface area (Å²) >= 11 is 0. The van der Waals surface area contributed by atoms with Crippen LogP contribution in [0.1, 0.15) is 32.8 Å².